The monoisotopic (exact) mass is 240 g/mol. The first kappa shape index (κ1) is 11.4. The van der Waals surface area contributed by atoms with Crippen LogP contribution in [0, 0.1) is 5.92 Å². The Labute approximate surface area is 101 Å². The zero-order chi connectivity index (χ0) is 11.7. The van der Waals surface area contributed by atoms with Gasteiger partial charge in [0, 0.05) is 38.8 Å². The number of carbonyl (C=O) groups excluding carboxylic acids is 1. The number of hydrogen-bond acceptors (Lipinski definition) is 4. The zero-order valence-electron chi connectivity index (χ0n) is 10.1. The lowest BCUT2D eigenvalue weighted by Gasteiger charge is -2.49. The third-order valence-corrected chi connectivity index (χ3v) is 4.03. The van der Waals surface area contributed by atoms with Crippen molar-refractivity contribution < 1.29 is 14.3 Å². The molecular formula is C12H20N2O3. The Kier molecular flexibility index (Phi) is 3.06. The summed E-state index contributed by atoms with van der Waals surface area (Å²) in [5, 5.41) is 3.23. The van der Waals surface area contributed by atoms with Crippen LogP contribution in [0.3, 0.4) is 0 Å². The molecule has 3 aliphatic rings. The van der Waals surface area contributed by atoms with Crippen LogP contribution in [-0.2, 0) is 14.3 Å². The fraction of sp³-hybridized carbons (Fsp3) is 0.917. The maximum Gasteiger partial charge on any atom is 0.226 e. The minimum atomic E-state index is -0.0842. The zero-order valence-corrected chi connectivity index (χ0v) is 10.1. The van der Waals surface area contributed by atoms with Crippen LogP contribution in [0.4, 0.5) is 0 Å². The Morgan fingerprint density at radius 3 is 2.65 bits per heavy atom. The number of hydrogen-bond donors (Lipinski definition) is 1. The summed E-state index contributed by atoms with van der Waals surface area (Å²) in [4.78, 5) is 14.4. The average molecular weight is 240 g/mol. The van der Waals surface area contributed by atoms with Crippen LogP contribution in [0.5, 0.6) is 0 Å². The van der Waals surface area contributed by atoms with E-state index >= 15 is 0 Å². The van der Waals surface area contributed by atoms with Crippen LogP contribution in [0.25, 0.3) is 0 Å². The fourth-order valence-corrected chi connectivity index (χ4v) is 2.85. The number of ether oxygens (including phenoxy) is 2. The van der Waals surface area contributed by atoms with Gasteiger partial charge in [-0.05, 0) is 12.8 Å². The smallest absolute Gasteiger partial charge is 0.226 e. The third kappa shape index (κ3) is 2.19. The normalized spacial score (nSPS) is 29.1. The van der Waals surface area contributed by atoms with Gasteiger partial charge >= 0.3 is 0 Å². The standard InChI is InChI=1S/C12H20N2O3/c15-11(10-1-4-16-5-2-10)14-3-6-17-12(9-14)7-13-8-12/h10,13H,1-9H2. The molecule has 0 aliphatic carbocycles. The number of morpholine rings is 1. The van der Waals surface area contributed by atoms with E-state index in [1.165, 1.54) is 0 Å². The van der Waals surface area contributed by atoms with E-state index < -0.39 is 0 Å². The van der Waals surface area contributed by atoms with Crippen molar-refractivity contribution in [2.45, 2.75) is 18.4 Å². The van der Waals surface area contributed by atoms with Gasteiger partial charge in [-0.25, -0.2) is 0 Å². The fourth-order valence-electron chi connectivity index (χ4n) is 2.85. The van der Waals surface area contributed by atoms with E-state index in [1.54, 1.807) is 0 Å². The van der Waals surface area contributed by atoms with Gasteiger partial charge in [0.25, 0.3) is 0 Å². The molecule has 0 radical (unpaired) electrons. The number of amides is 1. The number of carbonyl (C=O) groups is 1. The van der Waals surface area contributed by atoms with Crippen LogP contribution < -0.4 is 5.32 Å². The van der Waals surface area contributed by atoms with Crippen LogP contribution in [-0.4, -0.2) is 62.4 Å². The second-order valence-electron chi connectivity index (χ2n) is 5.28. The quantitative estimate of drug-likeness (QED) is 0.678. The third-order valence-electron chi connectivity index (χ3n) is 4.03. The highest BCUT2D eigenvalue weighted by Crippen LogP contribution is 2.25. The lowest BCUT2D eigenvalue weighted by molar-refractivity contribution is -0.164. The molecule has 0 saturated carbocycles. The van der Waals surface area contributed by atoms with Gasteiger partial charge in [0.05, 0.1) is 13.2 Å². The first-order chi connectivity index (χ1) is 8.29. The summed E-state index contributed by atoms with van der Waals surface area (Å²) in [5.41, 5.74) is -0.0842. The number of nitrogens with zero attached hydrogens (tertiary/aromatic N) is 1. The lowest BCUT2D eigenvalue weighted by atomic mass is 9.92. The molecule has 1 amide bonds. The Bertz CT molecular complexity index is 298. The van der Waals surface area contributed by atoms with Gasteiger partial charge in [-0.15, -0.1) is 0 Å². The molecule has 5 nitrogen and oxygen atoms in total. The van der Waals surface area contributed by atoms with Gasteiger partial charge < -0.3 is 19.7 Å². The van der Waals surface area contributed by atoms with Crippen molar-refractivity contribution in [3.05, 3.63) is 0 Å². The van der Waals surface area contributed by atoms with Crippen molar-refractivity contribution >= 4 is 5.91 Å². The summed E-state index contributed by atoms with van der Waals surface area (Å²) < 4.78 is 11.1. The molecule has 3 aliphatic heterocycles. The van der Waals surface area contributed by atoms with Gasteiger partial charge in [-0.3, -0.25) is 4.79 Å². The molecule has 0 atom stereocenters. The minimum absolute atomic E-state index is 0.0842. The first-order valence-corrected chi connectivity index (χ1v) is 6.50. The number of nitrogens with one attached hydrogen (secondary N) is 1. The van der Waals surface area contributed by atoms with E-state index in [1.807, 2.05) is 4.90 Å². The molecular weight excluding hydrogens is 220 g/mol. The van der Waals surface area contributed by atoms with E-state index in [9.17, 15) is 4.79 Å². The highest BCUT2D eigenvalue weighted by molar-refractivity contribution is 5.79. The van der Waals surface area contributed by atoms with Crippen molar-refractivity contribution in [3.63, 3.8) is 0 Å². The van der Waals surface area contributed by atoms with Crippen molar-refractivity contribution in [2.75, 3.05) is 46.0 Å². The highest BCUT2D eigenvalue weighted by Gasteiger charge is 2.44. The molecule has 3 heterocycles. The molecule has 3 saturated heterocycles. The van der Waals surface area contributed by atoms with E-state index in [0.717, 1.165) is 52.2 Å². The molecule has 17 heavy (non-hydrogen) atoms. The number of rotatable bonds is 1. The molecule has 1 spiro atoms. The Morgan fingerprint density at radius 2 is 2.00 bits per heavy atom. The van der Waals surface area contributed by atoms with Gasteiger partial charge in [0.1, 0.15) is 5.60 Å². The molecule has 3 rings (SSSR count). The maximum atomic E-state index is 12.4. The van der Waals surface area contributed by atoms with E-state index in [-0.39, 0.29) is 11.5 Å². The van der Waals surface area contributed by atoms with E-state index in [2.05, 4.69) is 5.32 Å². The van der Waals surface area contributed by atoms with Crippen molar-refractivity contribution in [2.24, 2.45) is 5.92 Å². The van der Waals surface area contributed by atoms with Crippen molar-refractivity contribution in [1.29, 1.82) is 0 Å². The summed E-state index contributed by atoms with van der Waals surface area (Å²) in [6, 6.07) is 0. The SMILES string of the molecule is O=C(C1CCOCC1)N1CCOC2(CNC2)C1. The minimum Gasteiger partial charge on any atom is -0.381 e. The van der Waals surface area contributed by atoms with E-state index in [4.69, 9.17) is 9.47 Å². The average Bonchev–Trinajstić information content (AvgIpc) is 2.37. The second-order valence-corrected chi connectivity index (χ2v) is 5.28. The van der Waals surface area contributed by atoms with Gasteiger partial charge in [-0.1, -0.05) is 0 Å². The lowest BCUT2D eigenvalue weighted by Crippen LogP contribution is -2.69. The maximum absolute atomic E-state index is 12.4. The van der Waals surface area contributed by atoms with Gasteiger partial charge in [-0.2, -0.15) is 0 Å². The highest BCUT2D eigenvalue weighted by atomic mass is 16.5. The summed E-state index contributed by atoms with van der Waals surface area (Å²) in [7, 11) is 0. The van der Waals surface area contributed by atoms with Gasteiger partial charge in [0.2, 0.25) is 5.91 Å². The van der Waals surface area contributed by atoms with Crippen LogP contribution in [0.15, 0.2) is 0 Å². The Balaban J connectivity index is 1.60. The molecule has 0 unspecified atom stereocenters. The molecule has 0 aromatic heterocycles. The summed E-state index contributed by atoms with van der Waals surface area (Å²) in [5.74, 6) is 0.481. The summed E-state index contributed by atoms with van der Waals surface area (Å²) in [6.07, 6.45) is 1.75. The molecule has 1 N–H and O–H groups in total. The molecule has 0 aromatic carbocycles. The van der Waals surface area contributed by atoms with Crippen LogP contribution in [0.1, 0.15) is 12.8 Å². The Morgan fingerprint density at radius 1 is 1.24 bits per heavy atom. The second kappa shape index (κ2) is 4.55. The van der Waals surface area contributed by atoms with Crippen LogP contribution in [0.2, 0.25) is 0 Å². The first-order valence-electron chi connectivity index (χ1n) is 6.50. The Hall–Kier alpha value is -0.650. The molecule has 0 bridgehead atoms. The largest absolute Gasteiger partial charge is 0.381 e. The summed E-state index contributed by atoms with van der Waals surface area (Å²) >= 11 is 0. The predicted molar refractivity (Wildman–Crippen MR) is 61.7 cm³/mol. The van der Waals surface area contributed by atoms with Gasteiger partial charge in [0.15, 0.2) is 0 Å². The van der Waals surface area contributed by atoms with Crippen LogP contribution >= 0.6 is 0 Å². The molecule has 5 heteroatoms. The molecule has 0 aromatic rings. The van der Waals surface area contributed by atoms with Crippen molar-refractivity contribution in [1.82, 2.24) is 10.2 Å². The topological polar surface area (TPSA) is 50.8 Å². The van der Waals surface area contributed by atoms with E-state index in [0.29, 0.717) is 12.5 Å². The summed E-state index contributed by atoms with van der Waals surface area (Å²) in [6.45, 7) is 5.40. The predicted octanol–water partition coefficient (Wildman–Crippen LogP) is -0.386. The van der Waals surface area contributed by atoms with Crippen molar-refractivity contribution in [3.8, 4) is 0 Å². The molecule has 3 fully saturated rings. The molecule has 96 valence electrons.